The number of hydrogen-bond donors (Lipinski definition) is 1. The predicted octanol–water partition coefficient (Wildman–Crippen LogP) is 3.24. The molecular formula is C25H23N4O4. The largest absolute Gasteiger partial charge is 0.462 e. The van der Waals surface area contributed by atoms with E-state index in [0.717, 1.165) is 17.2 Å². The van der Waals surface area contributed by atoms with Gasteiger partial charge in [0.1, 0.15) is 13.2 Å². The molecule has 0 bridgehead atoms. The van der Waals surface area contributed by atoms with Crippen molar-refractivity contribution in [3.05, 3.63) is 115 Å². The maximum absolute atomic E-state index is 12.8. The zero-order valence-electron chi connectivity index (χ0n) is 17.8. The fourth-order valence-corrected chi connectivity index (χ4v) is 3.21. The summed E-state index contributed by atoms with van der Waals surface area (Å²) in [6.45, 7) is 0.507. The predicted molar refractivity (Wildman–Crippen MR) is 119 cm³/mol. The molecule has 5 radical (unpaired) electrons. The van der Waals surface area contributed by atoms with Crippen molar-refractivity contribution in [2.45, 2.75) is 19.2 Å². The van der Waals surface area contributed by atoms with Crippen LogP contribution in [0, 0.1) is 31.6 Å². The van der Waals surface area contributed by atoms with Gasteiger partial charge in [0.15, 0.2) is 6.04 Å². The van der Waals surface area contributed by atoms with Crippen LogP contribution in [0.3, 0.4) is 0 Å². The number of amides is 1. The molecule has 1 N–H and O–H groups in total. The Labute approximate surface area is 192 Å². The summed E-state index contributed by atoms with van der Waals surface area (Å²) in [6.07, 6.45) is 8.83. The molecule has 1 aliphatic rings. The van der Waals surface area contributed by atoms with E-state index in [-0.39, 0.29) is 13.2 Å². The molecule has 0 saturated heterocycles. The van der Waals surface area contributed by atoms with Gasteiger partial charge in [-0.3, -0.25) is 0 Å². The summed E-state index contributed by atoms with van der Waals surface area (Å²) in [6, 6.07) is 17.2. The number of rotatable bonds is 9. The second kappa shape index (κ2) is 11.3. The van der Waals surface area contributed by atoms with Crippen molar-refractivity contribution >= 4 is 12.1 Å². The Morgan fingerprint density at radius 3 is 2.36 bits per heavy atom. The number of nitrogens with zero attached hydrogens (tertiary/aromatic N) is 3. The molecule has 0 spiro atoms. The molecule has 1 fully saturated rings. The van der Waals surface area contributed by atoms with Gasteiger partial charge in [-0.1, -0.05) is 65.9 Å². The first kappa shape index (κ1) is 22.5. The normalized spacial score (nSPS) is 14.5. The lowest BCUT2D eigenvalue weighted by atomic mass is 10.1. The third-order valence-electron chi connectivity index (χ3n) is 4.91. The monoisotopic (exact) mass is 443 g/mol. The average Bonchev–Trinajstić information content (AvgIpc) is 3.55. The minimum absolute atomic E-state index is 0.0761. The van der Waals surface area contributed by atoms with Gasteiger partial charge >= 0.3 is 12.1 Å². The highest BCUT2D eigenvalue weighted by molar-refractivity contribution is 5.82. The molecule has 8 nitrogen and oxygen atoms in total. The van der Waals surface area contributed by atoms with E-state index in [0.29, 0.717) is 12.1 Å². The summed E-state index contributed by atoms with van der Waals surface area (Å²) in [5.74, 6) is 0.384. The van der Waals surface area contributed by atoms with Gasteiger partial charge in [-0.2, -0.15) is 0 Å². The van der Waals surface area contributed by atoms with Crippen molar-refractivity contribution in [1.29, 1.82) is 0 Å². The third-order valence-corrected chi connectivity index (χ3v) is 4.91. The lowest BCUT2D eigenvalue weighted by molar-refractivity contribution is -0.146. The Bertz CT molecular complexity index is 1030. The summed E-state index contributed by atoms with van der Waals surface area (Å²) in [7, 11) is 0. The second-order valence-corrected chi connectivity index (χ2v) is 7.26. The molecule has 4 rings (SSSR count). The molecule has 33 heavy (non-hydrogen) atoms. The van der Waals surface area contributed by atoms with Crippen LogP contribution in [0.15, 0.2) is 66.9 Å². The minimum atomic E-state index is -0.995. The van der Waals surface area contributed by atoms with E-state index in [4.69, 9.17) is 9.47 Å². The van der Waals surface area contributed by atoms with Gasteiger partial charge in [0.05, 0.1) is 12.2 Å². The molecule has 8 heteroatoms. The van der Waals surface area contributed by atoms with Gasteiger partial charge < -0.3 is 14.8 Å². The lowest BCUT2D eigenvalue weighted by Gasteiger charge is -2.18. The highest BCUT2D eigenvalue weighted by atomic mass is 16.6. The lowest BCUT2D eigenvalue weighted by Crippen LogP contribution is -2.35. The Hall–Kier alpha value is -3.68. The van der Waals surface area contributed by atoms with E-state index < -0.39 is 18.1 Å². The Morgan fingerprint density at radius 2 is 1.64 bits per heavy atom. The fraction of sp³-hybridized carbons (Fsp3) is 0.160. The maximum Gasteiger partial charge on any atom is 0.408 e. The van der Waals surface area contributed by atoms with Crippen molar-refractivity contribution in [2.24, 2.45) is 0 Å². The van der Waals surface area contributed by atoms with E-state index in [1.54, 1.807) is 35.1 Å². The van der Waals surface area contributed by atoms with Gasteiger partial charge in [0.2, 0.25) is 0 Å². The summed E-state index contributed by atoms with van der Waals surface area (Å²) in [5.41, 5.74) is 2.19. The molecule has 3 aromatic rings. The van der Waals surface area contributed by atoms with Crippen molar-refractivity contribution in [3.63, 3.8) is 0 Å². The SMILES string of the molecule is O=C(N[C@H](C(=O)OCCn1cc([C]2[CH][CH][CH][CH]2)nn1)c1ccccc1)OCc1ccccc1. The van der Waals surface area contributed by atoms with E-state index in [1.807, 2.05) is 62.1 Å². The summed E-state index contributed by atoms with van der Waals surface area (Å²) >= 11 is 0. The van der Waals surface area contributed by atoms with Crippen LogP contribution < -0.4 is 5.32 Å². The molecule has 1 aliphatic carbocycles. The quantitative estimate of drug-likeness (QED) is 0.510. The van der Waals surface area contributed by atoms with E-state index in [1.165, 1.54) is 0 Å². The summed E-state index contributed by atoms with van der Waals surface area (Å²) in [5, 5.41) is 10.8. The van der Waals surface area contributed by atoms with Gasteiger partial charge in [0, 0.05) is 12.1 Å². The molecule has 0 aliphatic heterocycles. The molecule has 1 atom stereocenters. The van der Waals surface area contributed by atoms with Crippen molar-refractivity contribution < 1.29 is 19.1 Å². The molecule has 0 unspecified atom stereocenters. The van der Waals surface area contributed by atoms with Crippen LogP contribution in [0.4, 0.5) is 4.79 Å². The van der Waals surface area contributed by atoms with Crippen molar-refractivity contribution in [2.75, 3.05) is 6.61 Å². The molecule has 167 valence electrons. The Kier molecular flexibility index (Phi) is 7.68. The van der Waals surface area contributed by atoms with Crippen molar-refractivity contribution in [3.8, 4) is 0 Å². The number of benzene rings is 2. The number of hydrogen-bond acceptors (Lipinski definition) is 6. The van der Waals surface area contributed by atoms with Crippen LogP contribution in [0.25, 0.3) is 0 Å². The highest BCUT2D eigenvalue weighted by Gasteiger charge is 2.25. The van der Waals surface area contributed by atoms with E-state index >= 15 is 0 Å². The summed E-state index contributed by atoms with van der Waals surface area (Å²) < 4.78 is 12.3. The smallest absolute Gasteiger partial charge is 0.408 e. The van der Waals surface area contributed by atoms with Gasteiger partial charge in [-0.25, -0.2) is 14.3 Å². The van der Waals surface area contributed by atoms with Gasteiger partial charge in [-0.15, -0.1) is 5.10 Å². The molecule has 1 amide bonds. The van der Waals surface area contributed by atoms with Crippen LogP contribution >= 0.6 is 0 Å². The molecule has 1 aromatic heterocycles. The number of nitrogens with one attached hydrogen (secondary N) is 1. The average molecular weight is 443 g/mol. The van der Waals surface area contributed by atoms with Crippen molar-refractivity contribution in [1.82, 2.24) is 20.3 Å². The molecular weight excluding hydrogens is 420 g/mol. The number of esters is 1. The minimum Gasteiger partial charge on any atom is -0.462 e. The Morgan fingerprint density at radius 1 is 0.939 bits per heavy atom. The standard InChI is InChI=1S/C25H23N4O4/c30-24(32-16-15-29-17-22(27-28-29)20-11-7-8-12-20)23(21-13-5-2-6-14-21)26-25(31)33-18-19-9-3-1-4-10-19/h1-14,17,23H,15-16,18H2,(H,26,31)/t23-/m0/s1. The molecule has 2 aromatic carbocycles. The number of carbonyl (C=O) groups excluding carboxylic acids is 2. The number of alkyl carbamates (subject to hydrolysis) is 1. The fourth-order valence-electron chi connectivity index (χ4n) is 3.21. The topological polar surface area (TPSA) is 95.3 Å². The van der Waals surface area contributed by atoms with Gasteiger partial charge in [-0.05, 0) is 36.8 Å². The zero-order chi connectivity index (χ0) is 22.9. The highest BCUT2D eigenvalue weighted by Crippen LogP contribution is 2.28. The van der Waals surface area contributed by atoms with Crippen LogP contribution in [-0.4, -0.2) is 33.7 Å². The van der Waals surface area contributed by atoms with Crippen LogP contribution in [0.1, 0.15) is 22.9 Å². The zero-order valence-corrected chi connectivity index (χ0v) is 17.8. The second-order valence-electron chi connectivity index (χ2n) is 7.26. The first-order valence-corrected chi connectivity index (χ1v) is 10.5. The van der Waals surface area contributed by atoms with E-state index in [9.17, 15) is 9.59 Å². The molecule has 1 saturated carbocycles. The maximum atomic E-state index is 12.8. The van der Waals surface area contributed by atoms with Crippen LogP contribution in [-0.2, 0) is 27.4 Å². The number of aromatic nitrogens is 3. The number of ether oxygens (including phenoxy) is 2. The molecule has 1 heterocycles. The summed E-state index contributed by atoms with van der Waals surface area (Å²) in [4.78, 5) is 25.1. The van der Waals surface area contributed by atoms with E-state index in [2.05, 4.69) is 15.6 Å². The van der Waals surface area contributed by atoms with Crippen LogP contribution in [0.5, 0.6) is 0 Å². The first-order chi connectivity index (χ1) is 16.2. The third kappa shape index (κ3) is 6.41. The van der Waals surface area contributed by atoms with Crippen LogP contribution in [0.2, 0.25) is 0 Å². The number of carbonyl (C=O) groups is 2. The first-order valence-electron chi connectivity index (χ1n) is 10.5. The Balaban J connectivity index is 1.31. The van der Waals surface area contributed by atoms with Gasteiger partial charge in [0.25, 0.3) is 0 Å².